The lowest BCUT2D eigenvalue weighted by atomic mass is 9.51. The fourth-order valence-corrected chi connectivity index (χ4v) is 5.66. The van der Waals surface area contributed by atoms with Crippen LogP contribution in [0.1, 0.15) is 51.4 Å². The molecule has 5 fully saturated rings. The van der Waals surface area contributed by atoms with Crippen molar-refractivity contribution < 1.29 is 19.5 Å². The molecule has 5 aliphatic rings. The molecule has 1 aliphatic heterocycles. The Morgan fingerprint density at radius 3 is 2.48 bits per heavy atom. The minimum absolute atomic E-state index is 0.0931. The van der Waals surface area contributed by atoms with Gasteiger partial charge in [-0.25, -0.2) is 4.79 Å². The number of imide groups is 1. The molecular weight excluding hydrogens is 298 g/mol. The van der Waals surface area contributed by atoms with Crippen LogP contribution in [0.4, 0.5) is 4.79 Å². The molecule has 4 bridgehead atoms. The third kappa shape index (κ3) is 2.71. The molecule has 2 unspecified atom stereocenters. The van der Waals surface area contributed by atoms with Gasteiger partial charge in [-0.15, -0.1) is 0 Å². The molecular formula is C16H23N3O4. The van der Waals surface area contributed by atoms with Gasteiger partial charge in [0.1, 0.15) is 6.04 Å². The highest BCUT2D eigenvalue weighted by atomic mass is 16.3. The number of nitrogens with one attached hydrogen (secondary N) is 3. The molecule has 0 aromatic rings. The number of carbonyl (C=O) groups excluding carboxylic acids is 3. The maximum Gasteiger partial charge on any atom is 0.322 e. The predicted molar refractivity (Wildman–Crippen MR) is 80.2 cm³/mol. The van der Waals surface area contributed by atoms with Gasteiger partial charge < -0.3 is 15.7 Å². The Kier molecular flexibility index (Phi) is 3.20. The first kappa shape index (κ1) is 14.9. The second-order valence-corrected chi connectivity index (χ2v) is 8.07. The molecule has 126 valence electrons. The molecule has 5 rings (SSSR count). The first-order valence-electron chi connectivity index (χ1n) is 8.50. The van der Waals surface area contributed by atoms with Gasteiger partial charge >= 0.3 is 6.03 Å². The van der Waals surface area contributed by atoms with Gasteiger partial charge in [0, 0.05) is 12.0 Å². The van der Waals surface area contributed by atoms with Gasteiger partial charge in [-0.05, 0) is 56.8 Å². The summed E-state index contributed by atoms with van der Waals surface area (Å²) in [6, 6.07) is -1.11. The molecule has 4 amide bonds. The lowest BCUT2D eigenvalue weighted by Crippen LogP contribution is -2.65. The van der Waals surface area contributed by atoms with E-state index in [-0.39, 0.29) is 23.8 Å². The summed E-state index contributed by atoms with van der Waals surface area (Å²) >= 11 is 0. The van der Waals surface area contributed by atoms with Gasteiger partial charge in [0.15, 0.2) is 0 Å². The van der Waals surface area contributed by atoms with Crippen LogP contribution in [0.15, 0.2) is 0 Å². The zero-order chi connectivity index (χ0) is 16.2. The third-order valence-corrected chi connectivity index (χ3v) is 5.95. The first-order valence-corrected chi connectivity index (χ1v) is 8.50. The van der Waals surface area contributed by atoms with E-state index in [1.54, 1.807) is 0 Å². The van der Waals surface area contributed by atoms with E-state index < -0.39 is 17.7 Å². The molecule has 4 N–H and O–H groups in total. The summed E-state index contributed by atoms with van der Waals surface area (Å²) in [5, 5.41) is 18.5. The Hall–Kier alpha value is -1.63. The molecule has 0 aromatic carbocycles. The summed E-state index contributed by atoms with van der Waals surface area (Å²) in [6.45, 7) is 0. The molecule has 0 radical (unpaired) electrons. The van der Waals surface area contributed by atoms with E-state index in [4.69, 9.17) is 0 Å². The number of aliphatic hydroxyl groups is 1. The Morgan fingerprint density at radius 2 is 1.91 bits per heavy atom. The summed E-state index contributed by atoms with van der Waals surface area (Å²) < 4.78 is 0. The Balaban J connectivity index is 1.36. The van der Waals surface area contributed by atoms with E-state index in [0.717, 1.165) is 25.7 Å². The molecule has 4 aliphatic carbocycles. The monoisotopic (exact) mass is 321 g/mol. The number of carbonyl (C=O) groups is 3. The first-order chi connectivity index (χ1) is 10.8. The number of hydrogen-bond acceptors (Lipinski definition) is 4. The van der Waals surface area contributed by atoms with Crippen LogP contribution in [-0.4, -0.2) is 40.1 Å². The van der Waals surface area contributed by atoms with Crippen molar-refractivity contribution in [3.63, 3.8) is 0 Å². The second-order valence-electron chi connectivity index (χ2n) is 8.07. The van der Waals surface area contributed by atoms with Crippen LogP contribution in [0.5, 0.6) is 0 Å². The molecule has 1 saturated heterocycles. The molecule has 4 saturated carbocycles. The van der Waals surface area contributed by atoms with Crippen LogP contribution in [0.3, 0.4) is 0 Å². The largest absolute Gasteiger partial charge is 0.390 e. The average Bonchev–Trinajstić information content (AvgIpc) is 2.71. The standard InChI is InChI=1S/C16H23N3O4/c20-12(2-1-11-13(21)18-14(22)17-11)19-15-4-9-3-10(5-15)7-16(23,6-9)8-15/h9-11,23H,1-8H2,(H,19,20)(H2,17,18,21,22)/t9?,10?,11-,15?,16?/m0/s1. The van der Waals surface area contributed by atoms with E-state index in [9.17, 15) is 19.5 Å². The maximum absolute atomic E-state index is 12.3. The van der Waals surface area contributed by atoms with E-state index >= 15 is 0 Å². The van der Waals surface area contributed by atoms with Crippen molar-refractivity contribution in [1.29, 1.82) is 0 Å². The van der Waals surface area contributed by atoms with Crippen LogP contribution in [-0.2, 0) is 9.59 Å². The molecule has 0 spiro atoms. The van der Waals surface area contributed by atoms with Crippen LogP contribution in [0.2, 0.25) is 0 Å². The zero-order valence-electron chi connectivity index (χ0n) is 13.1. The summed E-state index contributed by atoms with van der Waals surface area (Å²) in [4.78, 5) is 34.9. The highest BCUT2D eigenvalue weighted by molar-refractivity contribution is 6.04. The van der Waals surface area contributed by atoms with Crippen molar-refractivity contribution in [2.24, 2.45) is 11.8 Å². The lowest BCUT2D eigenvalue weighted by molar-refractivity contribution is -0.150. The van der Waals surface area contributed by atoms with Crippen molar-refractivity contribution in [3.05, 3.63) is 0 Å². The second kappa shape index (κ2) is 4.93. The van der Waals surface area contributed by atoms with Crippen LogP contribution in [0, 0.1) is 11.8 Å². The molecule has 7 nitrogen and oxygen atoms in total. The average molecular weight is 321 g/mol. The van der Waals surface area contributed by atoms with E-state index in [0.29, 0.717) is 24.7 Å². The Labute approximate surface area is 134 Å². The van der Waals surface area contributed by atoms with Gasteiger partial charge in [-0.3, -0.25) is 14.9 Å². The Bertz CT molecular complexity index is 562. The summed E-state index contributed by atoms with van der Waals surface area (Å²) in [6.07, 6.45) is 5.99. The molecule has 1 heterocycles. The summed E-state index contributed by atoms with van der Waals surface area (Å²) in [5.41, 5.74) is -0.867. The quantitative estimate of drug-likeness (QED) is 0.554. The number of hydrogen-bond donors (Lipinski definition) is 4. The molecule has 23 heavy (non-hydrogen) atoms. The number of rotatable bonds is 4. The number of amides is 4. The fraction of sp³-hybridized carbons (Fsp3) is 0.812. The predicted octanol–water partition coefficient (Wildman–Crippen LogP) is 0.175. The van der Waals surface area contributed by atoms with Crippen LogP contribution < -0.4 is 16.0 Å². The van der Waals surface area contributed by atoms with Crippen molar-refractivity contribution in [2.75, 3.05) is 0 Å². The molecule has 0 aromatic heterocycles. The lowest BCUT2D eigenvalue weighted by Gasteiger charge is -2.60. The number of urea groups is 1. The van der Waals surface area contributed by atoms with Crippen molar-refractivity contribution >= 4 is 17.8 Å². The zero-order valence-corrected chi connectivity index (χ0v) is 13.1. The highest BCUT2D eigenvalue weighted by Crippen LogP contribution is 2.57. The fourth-order valence-electron chi connectivity index (χ4n) is 5.66. The summed E-state index contributed by atoms with van der Waals surface area (Å²) in [5.74, 6) is 0.569. The van der Waals surface area contributed by atoms with E-state index in [1.807, 2.05) is 0 Å². The smallest absolute Gasteiger partial charge is 0.322 e. The molecule has 7 heteroatoms. The van der Waals surface area contributed by atoms with Gasteiger partial charge in [-0.1, -0.05) is 0 Å². The minimum atomic E-state index is -0.617. The van der Waals surface area contributed by atoms with Gasteiger partial charge in [0.05, 0.1) is 5.60 Å². The third-order valence-electron chi connectivity index (χ3n) is 5.95. The maximum atomic E-state index is 12.3. The van der Waals surface area contributed by atoms with Crippen LogP contribution in [0.25, 0.3) is 0 Å². The van der Waals surface area contributed by atoms with E-state index in [1.165, 1.54) is 6.42 Å². The van der Waals surface area contributed by atoms with Gasteiger partial charge in [0.2, 0.25) is 5.91 Å². The normalized spacial score (nSPS) is 44.1. The van der Waals surface area contributed by atoms with Gasteiger partial charge in [-0.2, -0.15) is 0 Å². The highest BCUT2D eigenvalue weighted by Gasteiger charge is 2.57. The Morgan fingerprint density at radius 1 is 1.22 bits per heavy atom. The summed E-state index contributed by atoms with van der Waals surface area (Å²) in [7, 11) is 0. The van der Waals surface area contributed by atoms with Gasteiger partial charge in [0.25, 0.3) is 5.91 Å². The van der Waals surface area contributed by atoms with E-state index in [2.05, 4.69) is 16.0 Å². The minimum Gasteiger partial charge on any atom is -0.390 e. The van der Waals surface area contributed by atoms with Crippen LogP contribution >= 0.6 is 0 Å². The van der Waals surface area contributed by atoms with Crippen molar-refractivity contribution in [1.82, 2.24) is 16.0 Å². The van der Waals surface area contributed by atoms with Crippen molar-refractivity contribution in [2.45, 2.75) is 68.5 Å². The SMILES string of the molecule is O=C(CC[C@@H]1NC(=O)NC1=O)NC12CC3CC(CC(O)(C3)C1)C2. The topological polar surface area (TPSA) is 108 Å². The molecule has 3 atom stereocenters. The van der Waals surface area contributed by atoms with Crippen molar-refractivity contribution in [3.8, 4) is 0 Å².